The minimum Gasteiger partial charge on any atom is -0.371 e. The van der Waals surface area contributed by atoms with Crippen LogP contribution in [0.3, 0.4) is 0 Å². The van der Waals surface area contributed by atoms with E-state index in [1.807, 2.05) is 45.0 Å². The van der Waals surface area contributed by atoms with Gasteiger partial charge in [0, 0.05) is 20.1 Å². The minimum atomic E-state index is -4.37. The van der Waals surface area contributed by atoms with E-state index in [-0.39, 0.29) is 18.2 Å². The monoisotopic (exact) mass is 408 g/mol. The van der Waals surface area contributed by atoms with E-state index in [0.717, 1.165) is 23.3 Å². The van der Waals surface area contributed by atoms with Crippen LogP contribution < -0.4 is 5.32 Å². The van der Waals surface area contributed by atoms with Crippen LogP contribution in [0, 0.1) is 0 Å². The molecule has 0 radical (unpaired) electrons. The zero-order valence-corrected chi connectivity index (χ0v) is 17.1. The Morgan fingerprint density at radius 3 is 2.21 bits per heavy atom. The number of hydrogen-bond acceptors (Lipinski definition) is 2. The molecule has 0 spiro atoms. The van der Waals surface area contributed by atoms with Crippen LogP contribution in [0.1, 0.15) is 43.0 Å². The molecule has 158 valence electrons. The zero-order valence-electron chi connectivity index (χ0n) is 17.1. The van der Waals surface area contributed by atoms with Crippen molar-refractivity contribution in [2.75, 3.05) is 7.05 Å². The lowest BCUT2D eigenvalue weighted by Crippen LogP contribution is -2.36. The van der Waals surface area contributed by atoms with Gasteiger partial charge in [-0.05, 0) is 49.6 Å². The van der Waals surface area contributed by atoms with Crippen LogP contribution in [0.5, 0.6) is 0 Å². The highest BCUT2D eigenvalue weighted by Gasteiger charge is 2.30. The number of halogens is 3. The Bertz CT molecular complexity index is 812. The van der Waals surface area contributed by atoms with Crippen LogP contribution >= 0.6 is 0 Å². The van der Waals surface area contributed by atoms with E-state index in [4.69, 9.17) is 4.74 Å². The number of carbonyl (C=O) groups excluding carboxylic acids is 1. The number of rotatable bonds is 6. The average Bonchev–Trinajstić information content (AvgIpc) is 2.64. The topological polar surface area (TPSA) is 41.6 Å². The number of amides is 2. The normalized spacial score (nSPS) is 12.0. The molecule has 2 aromatic rings. The summed E-state index contributed by atoms with van der Waals surface area (Å²) in [4.78, 5) is 13.7. The van der Waals surface area contributed by atoms with Crippen LogP contribution in [-0.4, -0.2) is 23.6 Å². The number of nitrogens with zero attached hydrogens (tertiary/aromatic N) is 1. The van der Waals surface area contributed by atoms with Crippen molar-refractivity contribution in [3.05, 3.63) is 70.8 Å². The van der Waals surface area contributed by atoms with Crippen molar-refractivity contribution in [2.24, 2.45) is 0 Å². The number of urea groups is 1. The first-order valence-electron chi connectivity index (χ1n) is 9.31. The molecule has 0 aliphatic rings. The van der Waals surface area contributed by atoms with E-state index in [9.17, 15) is 18.0 Å². The second-order valence-corrected chi connectivity index (χ2v) is 7.93. The molecule has 0 fully saturated rings. The van der Waals surface area contributed by atoms with Gasteiger partial charge in [-0.1, -0.05) is 36.4 Å². The predicted octanol–water partition coefficient (Wildman–Crippen LogP) is 5.36. The largest absolute Gasteiger partial charge is 0.416 e. The summed E-state index contributed by atoms with van der Waals surface area (Å²) < 4.78 is 43.6. The first-order valence-corrected chi connectivity index (χ1v) is 9.31. The molecule has 2 aromatic carbocycles. The van der Waals surface area contributed by atoms with Gasteiger partial charge in [0.25, 0.3) is 0 Å². The standard InChI is InChI=1S/C22H27F3N2O2/c1-21(2,3)29-15-18-7-5-6-17(12-18)13-26-20(28)27(4)14-16-8-10-19(11-9-16)22(23,24)25/h5-12H,13-15H2,1-4H3,(H,26,28). The molecule has 0 unspecified atom stereocenters. The summed E-state index contributed by atoms with van der Waals surface area (Å²) in [5.74, 6) is 0. The van der Waals surface area contributed by atoms with Gasteiger partial charge in [0.2, 0.25) is 0 Å². The fraction of sp³-hybridized carbons (Fsp3) is 0.409. The Balaban J connectivity index is 1.87. The van der Waals surface area contributed by atoms with Crippen molar-refractivity contribution < 1.29 is 22.7 Å². The molecular weight excluding hydrogens is 381 g/mol. The summed E-state index contributed by atoms with van der Waals surface area (Å²) in [6.07, 6.45) is -4.37. The third-order valence-corrected chi connectivity index (χ3v) is 4.15. The molecule has 0 aromatic heterocycles. The quantitative estimate of drug-likeness (QED) is 0.699. The van der Waals surface area contributed by atoms with Crippen LogP contribution in [0.15, 0.2) is 48.5 Å². The van der Waals surface area contributed by atoms with Crippen LogP contribution in [0.2, 0.25) is 0 Å². The van der Waals surface area contributed by atoms with Crippen LogP contribution in [0.4, 0.5) is 18.0 Å². The molecule has 0 atom stereocenters. The molecule has 1 N–H and O–H groups in total. The average molecular weight is 408 g/mol. The molecule has 0 saturated carbocycles. The van der Waals surface area contributed by atoms with Crippen molar-refractivity contribution >= 4 is 6.03 Å². The molecule has 4 nitrogen and oxygen atoms in total. The minimum absolute atomic E-state index is 0.212. The number of ether oxygens (including phenoxy) is 1. The van der Waals surface area contributed by atoms with E-state index in [0.29, 0.717) is 18.7 Å². The fourth-order valence-corrected chi connectivity index (χ4v) is 2.59. The molecular formula is C22H27F3N2O2. The first-order chi connectivity index (χ1) is 13.4. The highest BCUT2D eigenvalue weighted by molar-refractivity contribution is 5.73. The van der Waals surface area contributed by atoms with Crippen molar-refractivity contribution in [2.45, 2.75) is 52.2 Å². The summed E-state index contributed by atoms with van der Waals surface area (Å²) in [5.41, 5.74) is 1.65. The van der Waals surface area contributed by atoms with Crippen molar-refractivity contribution in [1.29, 1.82) is 0 Å². The Labute approximate surface area is 169 Å². The van der Waals surface area contributed by atoms with Gasteiger partial charge in [-0.3, -0.25) is 0 Å². The molecule has 0 aliphatic heterocycles. The number of nitrogens with one attached hydrogen (secondary N) is 1. The van der Waals surface area contributed by atoms with E-state index in [2.05, 4.69) is 5.32 Å². The van der Waals surface area contributed by atoms with Crippen molar-refractivity contribution in [3.8, 4) is 0 Å². The highest BCUT2D eigenvalue weighted by Crippen LogP contribution is 2.29. The molecule has 0 heterocycles. The van der Waals surface area contributed by atoms with Gasteiger partial charge < -0.3 is 15.0 Å². The maximum atomic E-state index is 12.6. The van der Waals surface area contributed by atoms with Crippen molar-refractivity contribution in [1.82, 2.24) is 10.2 Å². The summed E-state index contributed by atoms with van der Waals surface area (Å²) >= 11 is 0. The van der Waals surface area contributed by atoms with Crippen LogP contribution in [0.25, 0.3) is 0 Å². The van der Waals surface area contributed by atoms with Gasteiger partial charge in [-0.15, -0.1) is 0 Å². The van der Waals surface area contributed by atoms with Gasteiger partial charge in [0.1, 0.15) is 0 Å². The van der Waals surface area contributed by atoms with E-state index in [1.165, 1.54) is 17.0 Å². The highest BCUT2D eigenvalue weighted by atomic mass is 19.4. The summed E-state index contributed by atoms with van der Waals surface area (Å²) in [6.45, 7) is 7.01. The maximum Gasteiger partial charge on any atom is 0.416 e. The third-order valence-electron chi connectivity index (χ3n) is 4.15. The Morgan fingerprint density at radius 2 is 1.62 bits per heavy atom. The summed E-state index contributed by atoms with van der Waals surface area (Å²) in [5, 5.41) is 2.82. The number of hydrogen-bond donors (Lipinski definition) is 1. The Hall–Kier alpha value is -2.54. The lowest BCUT2D eigenvalue weighted by molar-refractivity contribution is -0.137. The number of benzene rings is 2. The molecule has 7 heteroatoms. The number of alkyl halides is 3. The van der Waals surface area contributed by atoms with E-state index in [1.54, 1.807) is 7.05 Å². The van der Waals surface area contributed by atoms with Gasteiger partial charge in [-0.2, -0.15) is 13.2 Å². The first kappa shape index (κ1) is 22.7. The van der Waals surface area contributed by atoms with E-state index < -0.39 is 11.7 Å². The third kappa shape index (κ3) is 7.77. The van der Waals surface area contributed by atoms with Gasteiger partial charge in [0.15, 0.2) is 0 Å². The van der Waals surface area contributed by atoms with Gasteiger partial charge >= 0.3 is 12.2 Å². The van der Waals surface area contributed by atoms with Crippen LogP contribution in [-0.2, 0) is 30.6 Å². The maximum absolute atomic E-state index is 12.6. The second kappa shape index (κ2) is 9.31. The lowest BCUT2D eigenvalue weighted by Gasteiger charge is -2.20. The van der Waals surface area contributed by atoms with Crippen molar-refractivity contribution in [3.63, 3.8) is 0 Å². The molecule has 0 aliphatic carbocycles. The van der Waals surface area contributed by atoms with Gasteiger partial charge in [0.05, 0.1) is 17.8 Å². The van der Waals surface area contributed by atoms with Gasteiger partial charge in [-0.25, -0.2) is 4.79 Å². The SMILES string of the molecule is CN(Cc1ccc(C(F)(F)F)cc1)C(=O)NCc1cccc(COC(C)(C)C)c1. The summed E-state index contributed by atoms with van der Waals surface area (Å²) in [6, 6.07) is 12.3. The molecule has 2 rings (SSSR count). The molecule has 0 saturated heterocycles. The van der Waals surface area contributed by atoms with E-state index >= 15 is 0 Å². The summed E-state index contributed by atoms with van der Waals surface area (Å²) in [7, 11) is 1.60. The molecule has 2 amide bonds. The molecule has 29 heavy (non-hydrogen) atoms. The predicted molar refractivity (Wildman–Crippen MR) is 106 cm³/mol. The number of carbonyl (C=O) groups is 1. The second-order valence-electron chi connectivity index (χ2n) is 7.93. The zero-order chi connectivity index (χ0) is 21.7. The smallest absolute Gasteiger partial charge is 0.371 e. The molecule has 0 bridgehead atoms. The lowest BCUT2D eigenvalue weighted by atomic mass is 10.1. The Kier molecular flexibility index (Phi) is 7.30. The fourth-order valence-electron chi connectivity index (χ4n) is 2.59. The Morgan fingerprint density at radius 1 is 1.00 bits per heavy atom.